The Labute approximate surface area is 170 Å². The van der Waals surface area contributed by atoms with Gasteiger partial charge in [0.1, 0.15) is 5.75 Å². The molecule has 9 heteroatoms. The fourth-order valence-corrected chi connectivity index (χ4v) is 3.40. The molecule has 0 aliphatic carbocycles. The maximum absolute atomic E-state index is 12.1. The van der Waals surface area contributed by atoms with Gasteiger partial charge in [-0.2, -0.15) is 0 Å². The number of benzene rings is 2. The third-order valence-electron chi connectivity index (χ3n) is 3.70. The number of aromatic nitrogens is 3. The molecule has 0 radical (unpaired) electrons. The molecule has 27 heavy (non-hydrogen) atoms. The Morgan fingerprint density at radius 3 is 2.56 bits per heavy atom. The molecule has 0 atom stereocenters. The van der Waals surface area contributed by atoms with Gasteiger partial charge in [0.05, 0.1) is 18.4 Å². The lowest BCUT2D eigenvalue weighted by molar-refractivity contribution is -0.113. The second-order valence-electron chi connectivity index (χ2n) is 5.55. The molecule has 0 unspecified atom stereocenters. The lowest BCUT2D eigenvalue weighted by Gasteiger charge is -2.09. The minimum absolute atomic E-state index is 0.146. The zero-order valence-corrected chi connectivity index (χ0v) is 16.9. The summed E-state index contributed by atoms with van der Waals surface area (Å²) in [6.45, 7) is 0. The van der Waals surface area contributed by atoms with E-state index in [1.54, 1.807) is 54.1 Å². The standard InChI is InChI=1S/C18H16Cl2N4O2S/c1-24-17(14-9-12(20)5-8-15(14)26-2)22-23-18(24)27-10-16(25)21-13-6-3-11(19)4-7-13/h3-9H,10H2,1-2H3,(H,21,25). The van der Waals surface area contributed by atoms with Crippen LogP contribution in [0.5, 0.6) is 5.75 Å². The molecule has 0 bridgehead atoms. The van der Waals surface area contributed by atoms with Gasteiger partial charge in [-0.15, -0.1) is 10.2 Å². The number of nitrogens with zero attached hydrogens (tertiary/aromatic N) is 3. The van der Waals surface area contributed by atoms with Crippen molar-refractivity contribution in [1.29, 1.82) is 0 Å². The highest BCUT2D eigenvalue weighted by Gasteiger charge is 2.16. The number of carbonyl (C=O) groups excluding carboxylic acids is 1. The minimum Gasteiger partial charge on any atom is -0.496 e. The van der Waals surface area contributed by atoms with E-state index in [-0.39, 0.29) is 11.7 Å². The molecular formula is C18H16Cl2N4O2S. The van der Waals surface area contributed by atoms with Crippen LogP contribution in [0.3, 0.4) is 0 Å². The largest absolute Gasteiger partial charge is 0.496 e. The number of hydrogen-bond donors (Lipinski definition) is 1. The number of ether oxygens (including phenoxy) is 1. The van der Waals surface area contributed by atoms with Crippen LogP contribution in [0, 0.1) is 0 Å². The third-order valence-corrected chi connectivity index (χ3v) is 5.20. The van der Waals surface area contributed by atoms with Gasteiger partial charge in [0.2, 0.25) is 5.91 Å². The number of halogens is 2. The van der Waals surface area contributed by atoms with Crippen molar-refractivity contribution in [2.45, 2.75) is 5.16 Å². The van der Waals surface area contributed by atoms with Gasteiger partial charge in [-0.25, -0.2) is 0 Å². The average molecular weight is 423 g/mol. The van der Waals surface area contributed by atoms with Crippen LogP contribution in [0.2, 0.25) is 10.0 Å². The van der Waals surface area contributed by atoms with Crippen molar-refractivity contribution in [3.63, 3.8) is 0 Å². The first kappa shape index (κ1) is 19.5. The van der Waals surface area contributed by atoms with E-state index >= 15 is 0 Å². The summed E-state index contributed by atoms with van der Waals surface area (Å²) in [5.74, 6) is 1.30. The minimum atomic E-state index is -0.146. The lowest BCUT2D eigenvalue weighted by atomic mass is 10.2. The Morgan fingerprint density at radius 1 is 1.15 bits per heavy atom. The Balaban J connectivity index is 1.70. The molecule has 1 N–H and O–H groups in total. The number of rotatable bonds is 6. The van der Waals surface area contributed by atoms with Gasteiger partial charge < -0.3 is 14.6 Å². The van der Waals surface area contributed by atoms with Crippen LogP contribution in [0.4, 0.5) is 5.69 Å². The van der Waals surface area contributed by atoms with E-state index in [9.17, 15) is 4.79 Å². The second kappa shape index (κ2) is 8.65. The molecule has 6 nitrogen and oxygen atoms in total. The van der Waals surface area contributed by atoms with Crippen molar-refractivity contribution < 1.29 is 9.53 Å². The predicted octanol–water partition coefficient (Wildman–Crippen LogP) is 4.53. The van der Waals surface area contributed by atoms with Crippen LogP contribution in [0.1, 0.15) is 0 Å². The molecule has 2 aromatic carbocycles. The van der Waals surface area contributed by atoms with Gasteiger partial charge >= 0.3 is 0 Å². The Bertz CT molecular complexity index is 960. The summed E-state index contributed by atoms with van der Waals surface area (Å²) >= 11 is 13.2. The van der Waals surface area contributed by atoms with E-state index in [2.05, 4.69) is 15.5 Å². The lowest BCUT2D eigenvalue weighted by Crippen LogP contribution is -2.14. The highest BCUT2D eigenvalue weighted by molar-refractivity contribution is 7.99. The second-order valence-corrected chi connectivity index (χ2v) is 7.37. The molecule has 3 aromatic rings. The molecule has 1 heterocycles. The van der Waals surface area contributed by atoms with E-state index in [1.807, 2.05) is 7.05 Å². The molecule has 0 aliphatic heterocycles. The molecular weight excluding hydrogens is 407 g/mol. The fraction of sp³-hybridized carbons (Fsp3) is 0.167. The van der Waals surface area contributed by atoms with Gasteiger partial charge in [-0.05, 0) is 42.5 Å². The maximum Gasteiger partial charge on any atom is 0.234 e. The first-order valence-corrected chi connectivity index (χ1v) is 9.63. The summed E-state index contributed by atoms with van der Waals surface area (Å²) in [6.07, 6.45) is 0. The van der Waals surface area contributed by atoms with Gasteiger partial charge in [0, 0.05) is 22.8 Å². The quantitative estimate of drug-likeness (QED) is 0.590. The van der Waals surface area contributed by atoms with E-state index in [0.29, 0.717) is 32.5 Å². The molecule has 140 valence electrons. The topological polar surface area (TPSA) is 69.0 Å². The van der Waals surface area contributed by atoms with Gasteiger partial charge in [-0.1, -0.05) is 35.0 Å². The molecule has 0 fully saturated rings. The number of hydrogen-bond acceptors (Lipinski definition) is 5. The number of anilines is 1. The van der Waals surface area contributed by atoms with Crippen LogP contribution in [-0.2, 0) is 11.8 Å². The van der Waals surface area contributed by atoms with Crippen LogP contribution in [0.15, 0.2) is 47.6 Å². The summed E-state index contributed by atoms with van der Waals surface area (Å²) in [5.41, 5.74) is 1.42. The summed E-state index contributed by atoms with van der Waals surface area (Å²) in [5, 5.41) is 13.0. The van der Waals surface area contributed by atoms with Crippen molar-refractivity contribution in [2.75, 3.05) is 18.2 Å². The van der Waals surface area contributed by atoms with Gasteiger partial charge in [0.25, 0.3) is 0 Å². The van der Waals surface area contributed by atoms with Gasteiger partial charge in [-0.3, -0.25) is 4.79 Å². The zero-order chi connectivity index (χ0) is 19.4. The normalized spacial score (nSPS) is 10.7. The summed E-state index contributed by atoms with van der Waals surface area (Å²) in [6, 6.07) is 12.2. The smallest absolute Gasteiger partial charge is 0.234 e. The number of amides is 1. The highest BCUT2D eigenvalue weighted by Crippen LogP contribution is 2.32. The van der Waals surface area contributed by atoms with Gasteiger partial charge in [0.15, 0.2) is 11.0 Å². The highest BCUT2D eigenvalue weighted by atomic mass is 35.5. The van der Waals surface area contributed by atoms with Crippen LogP contribution in [0.25, 0.3) is 11.4 Å². The molecule has 0 saturated carbocycles. The van der Waals surface area contributed by atoms with E-state index in [4.69, 9.17) is 27.9 Å². The van der Waals surface area contributed by atoms with Crippen molar-refractivity contribution in [3.05, 3.63) is 52.5 Å². The molecule has 0 aliphatic rings. The van der Waals surface area contributed by atoms with Crippen molar-refractivity contribution >= 4 is 46.6 Å². The number of carbonyl (C=O) groups is 1. The Hall–Kier alpha value is -2.22. The summed E-state index contributed by atoms with van der Waals surface area (Å²) in [7, 11) is 3.41. The van der Waals surface area contributed by atoms with Crippen molar-refractivity contribution in [3.8, 4) is 17.1 Å². The number of thioether (sulfide) groups is 1. The summed E-state index contributed by atoms with van der Waals surface area (Å²) in [4.78, 5) is 12.1. The first-order valence-electron chi connectivity index (χ1n) is 7.89. The zero-order valence-electron chi connectivity index (χ0n) is 14.6. The third kappa shape index (κ3) is 4.74. The van der Waals surface area contributed by atoms with Crippen LogP contribution < -0.4 is 10.1 Å². The van der Waals surface area contributed by atoms with E-state index in [0.717, 1.165) is 5.56 Å². The first-order chi connectivity index (χ1) is 13.0. The predicted molar refractivity (Wildman–Crippen MR) is 109 cm³/mol. The van der Waals surface area contributed by atoms with Crippen LogP contribution in [-0.4, -0.2) is 33.5 Å². The molecule has 1 amide bonds. The summed E-state index contributed by atoms with van der Waals surface area (Å²) < 4.78 is 7.17. The SMILES string of the molecule is COc1ccc(Cl)cc1-c1nnc(SCC(=O)Nc2ccc(Cl)cc2)n1C. The average Bonchev–Trinajstić information content (AvgIpc) is 3.02. The molecule has 3 rings (SSSR count). The van der Waals surface area contributed by atoms with E-state index in [1.165, 1.54) is 11.8 Å². The molecule has 0 spiro atoms. The molecule has 1 aromatic heterocycles. The van der Waals surface area contributed by atoms with Crippen molar-refractivity contribution in [2.24, 2.45) is 7.05 Å². The monoisotopic (exact) mass is 422 g/mol. The Morgan fingerprint density at radius 2 is 1.85 bits per heavy atom. The van der Waals surface area contributed by atoms with E-state index < -0.39 is 0 Å². The number of nitrogens with one attached hydrogen (secondary N) is 1. The number of methoxy groups -OCH3 is 1. The van der Waals surface area contributed by atoms with Crippen LogP contribution >= 0.6 is 35.0 Å². The van der Waals surface area contributed by atoms with Crippen molar-refractivity contribution in [1.82, 2.24) is 14.8 Å². The Kier molecular flexibility index (Phi) is 6.26. The molecule has 0 saturated heterocycles. The fourth-order valence-electron chi connectivity index (χ4n) is 2.39. The maximum atomic E-state index is 12.1.